The van der Waals surface area contributed by atoms with Crippen molar-refractivity contribution in [2.24, 2.45) is 0 Å². The van der Waals surface area contributed by atoms with Gasteiger partial charge in [-0.25, -0.2) is 8.78 Å². The summed E-state index contributed by atoms with van der Waals surface area (Å²) in [5, 5.41) is 12.0. The Morgan fingerprint density at radius 1 is 1.35 bits per heavy atom. The Hall–Kier alpha value is -1.20. The highest BCUT2D eigenvalue weighted by Gasteiger charge is 2.16. The molecule has 0 saturated heterocycles. The number of likely N-dealkylation sites (N-methyl/N-ethyl adjacent to an activating group) is 1. The number of benzene rings is 1. The highest BCUT2D eigenvalue weighted by atomic mass is 19.1. The van der Waals surface area contributed by atoms with E-state index in [2.05, 4.69) is 5.32 Å². The van der Waals surface area contributed by atoms with Crippen LogP contribution in [0.4, 0.5) is 14.5 Å². The number of rotatable bonds is 5. The molecule has 1 unspecified atom stereocenters. The SMILES string of the molecule is CNCc1cc(F)c(N(C)CC(C)O)c(F)c1. The third-order valence-electron chi connectivity index (χ3n) is 2.38. The number of nitrogens with one attached hydrogen (secondary N) is 1. The van der Waals surface area contributed by atoms with Crippen LogP contribution in [0.15, 0.2) is 12.1 Å². The fraction of sp³-hybridized carbons (Fsp3) is 0.500. The fourth-order valence-electron chi connectivity index (χ4n) is 1.78. The Kier molecular flexibility index (Phi) is 4.84. The lowest BCUT2D eigenvalue weighted by atomic mass is 10.1. The van der Waals surface area contributed by atoms with Gasteiger partial charge >= 0.3 is 0 Å². The molecule has 17 heavy (non-hydrogen) atoms. The first kappa shape index (κ1) is 13.9. The highest BCUT2D eigenvalue weighted by molar-refractivity contribution is 5.50. The van der Waals surface area contributed by atoms with Crippen molar-refractivity contribution in [2.75, 3.05) is 25.5 Å². The van der Waals surface area contributed by atoms with Crippen LogP contribution < -0.4 is 10.2 Å². The summed E-state index contributed by atoms with van der Waals surface area (Å²) in [5.74, 6) is -1.23. The molecule has 5 heteroatoms. The second-order valence-electron chi connectivity index (χ2n) is 4.17. The fourth-order valence-corrected chi connectivity index (χ4v) is 1.78. The molecule has 0 aliphatic rings. The van der Waals surface area contributed by atoms with Gasteiger partial charge in [-0.05, 0) is 31.7 Å². The molecule has 0 radical (unpaired) electrons. The van der Waals surface area contributed by atoms with Crippen molar-refractivity contribution < 1.29 is 13.9 Å². The van der Waals surface area contributed by atoms with Gasteiger partial charge in [-0.2, -0.15) is 0 Å². The van der Waals surface area contributed by atoms with Crippen molar-refractivity contribution in [3.8, 4) is 0 Å². The summed E-state index contributed by atoms with van der Waals surface area (Å²) in [6.45, 7) is 2.16. The minimum absolute atomic E-state index is 0.106. The first-order valence-electron chi connectivity index (χ1n) is 5.47. The molecular formula is C12H18F2N2O. The van der Waals surface area contributed by atoms with Gasteiger partial charge in [-0.15, -0.1) is 0 Å². The normalized spacial score (nSPS) is 12.6. The molecule has 3 nitrogen and oxygen atoms in total. The minimum atomic E-state index is -0.643. The second-order valence-corrected chi connectivity index (χ2v) is 4.17. The Labute approximate surface area is 100 Å². The van der Waals surface area contributed by atoms with E-state index in [0.29, 0.717) is 12.1 Å². The Balaban J connectivity index is 3.00. The number of aliphatic hydroxyl groups excluding tert-OH is 1. The van der Waals surface area contributed by atoms with Crippen LogP contribution in [0.1, 0.15) is 12.5 Å². The van der Waals surface area contributed by atoms with Crippen LogP contribution in [0, 0.1) is 11.6 Å². The maximum Gasteiger partial charge on any atom is 0.149 e. The molecule has 2 N–H and O–H groups in total. The molecule has 1 atom stereocenters. The van der Waals surface area contributed by atoms with Crippen molar-refractivity contribution >= 4 is 5.69 Å². The predicted molar refractivity (Wildman–Crippen MR) is 64.1 cm³/mol. The lowest BCUT2D eigenvalue weighted by Crippen LogP contribution is -2.28. The topological polar surface area (TPSA) is 35.5 Å². The van der Waals surface area contributed by atoms with Crippen LogP contribution in [0.25, 0.3) is 0 Å². The smallest absolute Gasteiger partial charge is 0.149 e. The summed E-state index contributed by atoms with van der Waals surface area (Å²) in [6.07, 6.45) is -0.643. The molecular weight excluding hydrogens is 226 g/mol. The number of anilines is 1. The van der Waals surface area contributed by atoms with Gasteiger partial charge in [0.05, 0.1) is 6.10 Å². The Morgan fingerprint density at radius 3 is 2.29 bits per heavy atom. The third-order valence-corrected chi connectivity index (χ3v) is 2.38. The standard InChI is InChI=1S/C12H18F2N2O/c1-8(17)7-16(3)12-10(13)4-9(6-15-2)5-11(12)14/h4-5,8,15,17H,6-7H2,1-3H3. The van der Waals surface area contributed by atoms with Gasteiger partial charge in [0.2, 0.25) is 0 Å². The van der Waals surface area contributed by atoms with Crippen LogP contribution in [0.3, 0.4) is 0 Å². The van der Waals surface area contributed by atoms with Crippen LogP contribution in [0.2, 0.25) is 0 Å². The second kappa shape index (κ2) is 5.93. The lowest BCUT2D eigenvalue weighted by molar-refractivity contribution is 0.201. The van der Waals surface area contributed by atoms with E-state index in [1.165, 1.54) is 17.0 Å². The molecule has 0 heterocycles. The predicted octanol–water partition coefficient (Wildman–Crippen LogP) is 1.50. The molecule has 96 valence electrons. The summed E-state index contributed by atoms with van der Waals surface area (Å²) in [4.78, 5) is 1.37. The van der Waals surface area contributed by atoms with Crippen LogP contribution in [-0.2, 0) is 6.54 Å². The van der Waals surface area contributed by atoms with Gasteiger partial charge in [0, 0.05) is 20.1 Å². The van der Waals surface area contributed by atoms with E-state index in [4.69, 9.17) is 0 Å². The number of hydrogen-bond donors (Lipinski definition) is 2. The molecule has 0 aliphatic carbocycles. The lowest BCUT2D eigenvalue weighted by Gasteiger charge is -2.22. The molecule has 0 bridgehead atoms. The number of aliphatic hydroxyl groups is 1. The maximum absolute atomic E-state index is 13.7. The average molecular weight is 244 g/mol. The largest absolute Gasteiger partial charge is 0.392 e. The molecule has 0 saturated carbocycles. The summed E-state index contributed by atoms with van der Waals surface area (Å²) >= 11 is 0. The van der Waals surface area contributed by atoms with Gasteiger partial charge in [0.1, 0.15) is 17.3 Å². The van der Waals surface area contributed by atoms with E-state index >= 15 is 0 Å². The van der Waals surface area contributed by atoms with E-state index in [9.17, 15) is 13.9 Å². The number of hydrogen-bond acceptors (Lipinski definition) is 3. The zero-order valence-electron chi connectivity index (χ0n) is 10.3. The van der Waals surface area contributed by atoms with Gasteiger partial charge < -0.3 is 15.3 Å². The Morgan fingerprint density at radius 2 is 1.88 bits per heavy atom. The molecule has 1 aromatic carbocycles. The van der Waals surface area contributed by atoms with Gasteiger partial charge in [-0.3, -0.25) is 0 Å². The summed E-state index contributed by atoms with van der Waals surface area (Å²) in [7, 11) is 3.26. The quantitative estimate of drug-likeness (QED) is 0.824. The summed E-state index contributed by atoms with van der Waals surface area (Å²) in [6, 6.07) is 2.60. The van der Waals surface area contributed by atoms with E-state index in [0.717, 1.165) is 0 Å². The van der Waals surface area contributed by atoms with Crippen molar-refractivity contribution in [1.29, 1.82) is 0 Å². The maximum atomic E-state index is 13.7. The van der Waals surface area contributed by atoms with E-state index in [1.54, 1.807) is 21.0 Å². The average Bonchev–Trinajstić information content (AvgIpc) is 2.15. The van der Waals surface area contributed by atoms with Crippen LogP contribution in [-0.4, -0.2) is 31.9 Å². The third kappa shape index (κ3) is 3.64. The number of nitrogens with zero attached hydrogens (tertiary/aromatic N) is 1. The molecule has 0 aromatic heterocycles. The van der Waals surface area contributed by atoms with E-state index in [1.807, 2.05) is 0 Å². The molecule has 0 amide bonds. The summed E-state index contributed by atoms with van der Waals surface area (Å²) < 4.78 is 27.5. The minimum Gasteiger partial charge on any atom is -0.392 e. The zero-order chi connectivity index (χ0) is 13.0. The van der Waals surface area contributed by atoms with Gasteiger partial charge in [0.15, 0.2) is 0 Å². The van der Waals surface area contributed by atoms with Crippen LogP contribution >= 0.6 is 0 Å². The monoisotopic (exact) mass is 244 g/mol. The van der Waals surface area contributed by atoms with Crippen molar-refractivity contribution in [1.82, 2.24) is 5.32 Å². The van der Waals surface area contributed by atoms with Crippen molar-refractivity contribution in [2.45, 2.75) is 19.6 Å². The highest BCUT2D eigenvalue weighted by Crippen LogP contribution is 2.24. The van der Waals surface area contributed by atoms with Crippen molar-refractivity contribution in [3.63, 3.8) is 0 Å². The summed E-state index contributed by atoms with van der Waals surface area (Å²) in [5.41, 5.74) is 0.447. The van der Waals surface area contributed by atoms with Gasteiger partial charge in [0.25, 0.3) is 0 Å². The first-order chi connectivity index (χ1) is 7.95. The number of halogens is 2. The zero-order valence-corrected chi connectivity index (χ0v) is 10.3. The molecule has 1 rings (SSSR count). The first-order valence-corrected chi connectivity index (χ1v) is 5.47. The molecule has 0 spiro atoms. The van der Waals surface area contributed by atoms with E-state index < -0.39 is 17.7 Å². The molecule has 0 fully saturated rings. The Bertz CT molecular complexity index is 360. The van der Waals surface area contributed by atoms with Crippen LogP contribution in [0.5, 0.6) is 0 Å². The van der Waals surface area contributed by atoms with Gasteiger partial charge in [-0.1, -0.05) is 0 Å². The van der Waals surface area contributed by atoms with Crippen molar-refractivity contribution in [3.05, 3.63) is 29.3 Å². The van der Waals surface area contributed by atoms with E-state index in [-0.39, 0.29) is 12.2 Å². The molecule has 1 aromatic rings. The molecule has 0 aliphatic heterocycles.